The van der Waals surface area contributed by atoms with Gasteiger partial charge in [0.2, 0.25) is 0 Å². The van der Waals surface area contributed by atoms with Gasteiger partial charge in [0.05, 0.1) is 0 Å². The third-order valence-corrected chi connectivity index (χ3v) is 30.1. The van der Waals surface area contributed by atoms with Crippen LogP contribution in [0, 0.1) is 0 Å². The van der Waals surface area contributed by atoms with Crippen molar-refractivity contribution in [1.29, 1.82) is 0 Å². The van der Waals surface area contributed by atoms with E-state index in [9.17, 15) is 0 Å². The molecule has 0 heterocycles. The maximum atomic E-state index is 7.50. The molecule has 0 aliphatic heterocycles. The molecule has 0 fully saturated rings. The van der Waals surface area contributed by atoms with Gasteiger partial charge in [0.15, 0.2) is 0 Å². The summed E-state index contributed by atoms with van der Waals surface area (Å²) in [5, 5.41) is 0. The van der Waals surface area contributed by atoms with Gasteiger partial charge in [-0.15, -0.1) is 0 Å². The standard InChI is InChI=1S/9C6H5.CO.Rh.3Sb.3H/c9*1-2-4-6-5-3-1;1-2;;;;;;;/h9*1-5H;;;;;;;;/q;;;;;;;;;;+3;;;;3*-1. The van der Waals surface area contributed by atoms with E-state index in [4.69, 9.17) is 4.79 Å². The van der Waals surface area contributed by atoms with E-state index in [0.29, 0.717) is 0 Å². The molecule has 0 amide bonds. The van der Waals surface area contributed by atoms with Crippen molar-refractivity contribution in [3.8, 4) is 0 Å². The third-order valence-electron chi connectivity index (χ3n) is 9.13. The van der Waals surface area contributed by atoms with E-state index in [2.05, 4.69) is 280 Å². The number of hydrogen-bond donors (Lipinski definition) is 0. The molecule has 0 unspecified atom stereocenters. The molecule has 5 heteroatoms. The van der Waals surface area contributed by atoms with Crippen LogP contribution in [0.3, 0.4) is 0 Å². The van der Waals surface area contributed by atoms with Crippen LogP contribution in [0.25, 0.3) is 0 Å². The summed E-state index contributed by atoms with van der Waals surface area (Å²) in [6.07, 6.45) is 0. The maximum absolute atomic E-state index is 7.50. The van der Waals surface area contributed by atoms with Crippen LogP contribution in [0.4, 0.5) is 0 Å². The first-order valence-electron chi connectivity index (χ1n) is 19.4. The minimum atomic E-state index is -1.83. The fraction of sp³-hybridized carbons (Fsp3) is 0. The van der Waals surface area contributed by atoms with E-state index in [1.807, 2.05) is 0 Å². The van der Waals surface area contributed by atoms with Crippen LogP contribution in [0.5, 0.6) is 0 Å². The molecule has 298 valence electrons. The van der Waals surface area contributed by atoms with Crippen molar-refractivity contribution in [2.45, 2.75) is 0 Å². The molecule has 9 rings (SSSR count). The molecule has 0 spiro atoms. The summed E-state index contributed by atoms with van der Waals surface area (Å²) in [5.74, 6) is 0. The zero-order valence-corrected chi connectivity index (χ0v) is 42.4. The van der Waals surface area contributed by atoms with E-state index in [1.54, 1.807) is 0 Å². The van der Waals surface area contributed by atoms with Crippen LogP contribution in [0.1, 0.15) is 4.28 Å². The monoisotopic (exact) mass is 1190 g/mol. The predicted molar refractivity (Wildman–Crippen MR) is 261 cm³/mol. The molecular formula is C55H48ORhSb3. The van der Waals surface area contributed by atoms with Crippen molar-refractivity contribution in [3.63, 3.8) is 0 Å². The van der Waals surface area contributed by atoms with E-state index >= 15 is 0 Å². The van der Waals surface area contributed by atoms with Crippen molar-refractivity contribution in [2.75, 3.05) is 0 Å². The van der Waals surface area contributed by atoms with Crippen LogP contribution in [0.2, 0.25) is 0 Å². The second-order valence-electron chi connectivity index (χ2n) is 13.0. The minimum absolute atomic E-state index is 0. The van der Waals surface area contributed by atoms with Crippen LogP contribution in [-0.2, 0) is 24.3 Å². The van der Waals surface area contributed by atoms with Gasteiger partial charge >= 0.3 is 385 Å². The van der Waals surface area contributed by atoms with Crippen LogP contribution >= 0.6 is 0 Å². The second kappa shape index (κ2) is 26.8. The van der Waals surface area contributed by atoms with Crippen LogP contribution in [-0.4, -0.2) is 67.4 Å². The van der Waals surface area contributed by atoms with Crippen molar-refractivity contribution in [1.82, 2.24) is 0 Å². The van der Waals surface area contributed by atoms with E-state index < -0.39 is 60.6 Å². The Morgan fingerprint density at radius 2 is 0.283 bits per heavy atom. The zero-order chi connectivity index (χ0) is 40.7. The molecule has 0 bridgehead atoms. The van der Waals surface area contributed by atoms with Gasteiger partial charge in [-0.25, -0.2) is 0 Å². The van der Waals surface area contributed by atoms with Crippen molar-refractivity contribution >= 4 is 99.0 Å². The SMILES string of the molecule is [C]=O.[H-].[H-].[H-].[Rh+3].c1cc[c]([Sb]([c]2ccccc2)[c]2ccccc2)cc1.c1cc[c]([Sb]([c]2ccccc2)[c]2ccccc2)cc1.c1cc[c]([Sb]([c]2ccccc2)[c]2ccccc2)cc1. The van der Waals surface area contributed by atoms with Gasteiger partial charge in [-0.2, -0.15) is 0 Å². The Kier molecular flexibility index (Phi) is 20.9. The van der Waals surface area contributed by atoms with Gasteiger partial charge in [0.1, 0.15) is 0 Å². The summed E-state index contributed by atoms with van der Waals surface area (Å²) >= 11 is -5.48. The quantitative estimate of drug-likeness (QED) is 0.150. The average Bonchev–Trinajstić information content (AvgIpc) is 3.34. The van der Waals surface area contributed by atoms with E-state index in [-0.39, 0.29) is 23.8 Å². The molecule has 9 aromatic rings. The predicted octanol–water partition coefficient (Wildman–Crippen LogP) is 6.55. The Labute approximate surface area is 396 Å². The van der Waals surface area contributed by atoms with Crippen molar-refractivity contribution < 1.29 is 28.6 Å². The average molecular weight is 1190 g/mol. The Hall–Kier alpha value is -4.27. The van der Waals surface area contributed by atoms with Crippen molar-refractivity contribution in [3.05, 3.63) is 273 Å². The van der Waals surface area contributed by atoms with Crippen molar-refractivity contribution in [2.24, 2.45) is 0 Å². The molecule has 1 nitrogen and oxygen atoms in total. The first-order valence-corrected chi connectivity index (χ1v) is 30.9. The molecule has 0 atom stereocenters. The Balaban J connectivity index is 0.000000309. The Bertz CT molecular complexity index is 1900. The number of benzene rings is 9. The summed E-state index contributed by atoms with van der Waals surface area (Å²) in [6.45, 7) is 4.50. The molecule has 0 aliphatic rings. The first-order chi connectivity index (χ1) is 29.3. The molecule has 9 aromatic carbocycles. The topological polar surface area (TPSA) is 17.1 Å². The summed E-state index contributed by atoms with van der Waals surface area (Å²) < 4.78 is 13.6. The molecule has 0 saturated heterocycles. The Morgan fingerprint density at radius 1 is 0.200 bits per heavy atom. The zero-order valence-electron chi connectivity index (χ0n) is 36.1. The molecule has 0 N–H and O–H groups in total. The van der Waals surface area contributed by atoms with E-state index in [1.165, 1.54) is 31.6 Å². The summed E-state index contributed by atoms with van der Waals surface area (Å²) in [5.41, 5.74) is 0. The number of hydrogen-bond acceptors (Lipinski definition) is 1. The molecule has 2 radical (unpaired) electrons. The number of rotatable bonds is 9. The molecule has 60 heavy (non-hydrogen) atoms. The fourth-order valence-corrected chi connectivity index (χ4v) is 26.3. The fourth-order valence-electron chi connectivity index (χ4n) is 6.54. The normalized spacial score (nSPS) is 10.1. The first kappa shape index (κ1) is 46.8. The van der Waals surface area contributed by atoms with Gasteiger partial charge in [0, 0.05) is 0 Å². The van der Waals surface area contributed by atoms with Gasteiger partial charge < -0.3 is 4.28 Å². The van der Waals surface area contributed by atoms with Crippen LogP contribution < -0.4 is 31.6 Å². The number of carbonyl (C=O) groups excluding carboxylic acids is 1. The Morgan fingerprint density at radius 3 is 0.367 bits per heavy atom. The molecule has 0 aromatic heterocycles. The van der Waals surface area contributed by atoms with Crippen LogP contribution in [0.15, 0.2) is 273 Å². The second-order valence-corrected chi connectivity index (χ2v) is 32.0. The van der Waals surface area contributed by atoms with Gasteiger partial charge in [-0.05, 0) is 0 Å². The molecule has 0 aliphatic carbocycles. The summed E-state index contributed by atoms with van der Waals surface area (Å²) in [6, 6.07) is 98.6. The third kappa shape index (κ3) is 13.9. The summed E-state index contributed by atoms with van der Waals surface area (Å²) in [7, 11) is 0. The van der Waals surface area contributed by atoms with Gasteiger partial charge in [-0.3, -0.25) is 4.79 Å². The molecule has 0 saturated carbocycles. The molecular weight excluding hydrogens is 1140 g/mol. The van der Waals surface area contributed by atoms with E-state index in [0.717, 1.165) is 0 Å². The summed E-state index contributed by atoms with van der Waals surface area (Å²) in [4.78, 5) is 7.50. The van der Waals surface area contributed by atoms with Gasteiger partial charge in [-0.1, -0.05) is 0 Å². The van der Waals surface area contributed by atoms with Gasteiger partial charge in [0.25, 0.3) is 6.79 Å².